The fraction of sp³-hybridized carbons (Fsp3) is 0.308. The van der Waals surface area contributed by atoms with Gasteiger partial charge in [0.2, 0.25) is 0 Å². The van der Waals surface area contributed by atoms with Crippen LogP contribution in [0.25, 0.3) is 11.1 Å². The van der Waals surface area contributed by atoms with Crippen LogP contribution in [0.1, 0.15) is 55.1 Å². The first-order chi connectivity index (χ1) is 15.8. The lowest BCUT2D eigenvalue weighted by Gasteiger charge is -2.23. The lowest BCUT2D eigenvalue weighted by Crippen LogP contribution is -2.27. The van der Waals surface area contributed by atoms with E-state index in [4.69, 9.17) is 5.73 Å². The zero-order valence-corrected chi connectivity index (χ0v) is 20.6. The largest absolute Gasteiger partial charge is 0.396 e. The van der Waals surface area contributed by atoms with Crippen molar-refractivity contribution in [1.29, 1.82) is 0 Å². The highest BCUT2D eigenvalue weighted by Crippen LogP contribution is 2.35. The molecular formula is C26H28F2N2O3S. The molecule has 3 aromatic rings. The minimum absolute atomic E-state index is 0.0300. The molecule has 0 aliphatic carbocycles. The van der Waals surface area contributed by atoms with Gasteiger partial charge >= 0.3 is 0 Å². The quantitative estimate of drug-likeness (QED) is 0.401. The normalized spacial score (nSPS) is 13.5. The SMILES string of the molecule is C[C@H](C[S@@](=O)C(C)(C)C)c1cc(=O)n(C)cc1-c1cc(N)c(F)cc1C(=O)c1ccc(F)cc1. The van der Waals surface area contributed by atoms with Gasteiger partial charge in [0.15, 0.2) is 5.78 Å². The maximum atomic E-state index is 14.5. The molecule has 0 aliphatic rings. The van der Waals surface area contributed by atoms with E-state index in [1.807, 2.05) is 27.7 Å². The Morgan fingerprint density at radius 2 is 1.71 bits per heavy atom. The van der Waals surface area contributed by atoms with E-state index in [0.29, 0.717) is 22.4 Å². The molecular weight excluding hydrogens is 458 g/mol. The molecule has 5 nitrogen and oxygen atoms in total. The van der Waals surface area contributed by atoms with Crippen LogP contribution < -0.4 is 11.3 Å². The second-order valence-corrected chi connectivity index (χ2v) is 11.6. The topological polar surface area (TPSA) is 82.2 Å². The van der Waals surface area contributed by atoms with Crippen LogP contribution in [0.3, 0.4) is 0 Å². The van der Waals surface area contributed by atoms with Gasteiger partial charge in [0, 0.05) is 57.3 Å². The Morgan fingerprint density at radius 3 is 2.29 bits per heavy atom. The predicted octanol–water partition coefficient (Wildman–Crippen LogP) is 4.79. The Balaban J connectivity index is 2.23. The van der Waals surface area contributed by atoms with E-state index in [9.17, 15) is 22.6 Å². The van der Waals surface area contributed by atoms with Crippen molar-refractivity contribution in [2.24, 2.45) is 7.05 Å². The van der Waals surface area contributed by atoms with Gasteiger partial charge in [0.05, 0.1) is 5.69 Å². The molecule has 0 spiro atoms. The third kappa shape index (κ3) is 5.33. The molecule has 8 heteroatoms. The van der Waals surface area contributed by atoms with Gasteiger partial charge in [-0.05, 0) is 74.2 Å². The van der Waals surface area contributed by atoms with Gasteiger partial charge in [-0.25, -0.2) is 8.78 Å². The third-order valence-corrected chi connectivity index (χ3v) is 7.82. The number of ketones is 1. The van der Waals surface area contributed by atoms with Gasteiger partial charge in [0.25, 0.3) is 5.56 Å². The molecule has 0 fully saturated rings. The number of rotatable bonds is 6. The summed E-state index contributed by atoms with van der Waals surface area (Å²) in [6.45, 7) is 7.49. The van der Waals surface area contributed by atoms with Crippen LogP contribution in [0.15, 0.2) is 53.5 Å². The van der Waals surface area contributed by atoms with Crippen LogP contribution in [0.5, 0.6) is 0 Å². The fourth-order valence-corrected chi connectivity index (χ4v) is 4.74. The van der Waals surface area contributed by atoms with Gasteiger partial charge < -0.3 is 10.3 Å². The summed E-state index contributed by atoms with van der Waals surface area (Å²) in [6.07, 6.45) is 1.57. The van der Waals surface area contributed by atoms with E-state index in [1.54, 1.807) is 13.2 Å². The Kier molecular flexibility index (Phi) is 7.21. The number of carbonyl (C=O) groups excluding carboxylic acids is 1. The molecule has 0 unspecified atom stereocenters. The number of halogens is 2. The number of hydrogen-bond donors (Lipinski definition) is 1. The molecule has 0 saturated heterocycles. The second kappa shape index (κ2) is 9.62. The number of hydrogen-bond acceptors (Lipinski definition) is 4. The van der Waals surface area contributed by atoms with Crippen molar-refractivity contribution < 1.29 is 17.8 Å². The van der Waals surface area contributed by atoms with Crippen LogP contribution in [0, 0.1) is 11.6 Å². The molecule has 3 rings (SSSR count). The average molecular weight is 487 g/mol. The minimum Gasteiger partial charge on any atom is -0.396 e. The summed E-state index contributed by atoms with van der Waals surface area (Å²) in [7, 11) is 0.377. The monoisotopic (exact) mass is 486 g/mol. The van der Waals surface area contributed by atoms with Gasteiger partial charge in [-0.3, -0.25) is 13.8 Å². The number of aryl methyl sites for hydroxylation is 1. The van der Waals surface area contributed by atoms with Crippen molar-refractivity contribution in [3.63, 3.8) is 0 Å². The number of nitrogens with two attached hydrogens (primary N) is 1. The molecule has 1 heterocycles. The van der Waals surface area contributed by atoms with Crippen molar-refractivity contribution in [3.8, 4) is 11.1 Å². The summed E-state index contributed by atoms with van der Waals surface area (Å²) in [6, 6.07) is 8.83. The lowest BCUT2D eigenvalue weighted by atomic mass is 9.88. The molecule has 0 saturated carbocycles. The molecule has 0 amide bonds. The fourth-order valence-electron chi connectivity index (χ4n) is 3.60. The number of nitrogen functional groups attached to an aromatic ring is 1. The van der Waals surface area contributed by atoms with E-state index in [2.05, 4.69) is 0 Å². The summed E-state index contributed by atoms with van der Waals surface area (Å²) in [5, 5.41) is 0. The molecule has 2 N–H and O–H groups in total. The average Bonchev–Trinajstić information content (AvgIpc) is 2.76. The minimum atomic E-state index is -1.19. The highest BCUT2D eigenvalue weighted by Gasteiger charge is 2.26. The number of carbonyl (C=O) groups is 1. The molecule has 0 bridgehead atoms. The van der Waals surface area contributed by atoms with Gasteiger partial charge in [0.1, 0.15) is 11.6 Å². The van der Waals surface area contributed by atoms with E-state index in [0.717, 1.165) is 18.2 Å². The van der Waals surface area contributed by atoms with Gasteiger partial charge in [-0.1, -0.05) is 6.92 Å². The maximum absolute atomic E-state index is 14.5. The van der Waals surface area contributed by atoms with Crippen molar-refractivity contribution in [1.82, 2.24) is 4.57 Å². The molecule has 2 aromatic carbocycles. The number of pyridine rings is 1. The molecule has 1 aromatic heterocycles. The summed E-state index contributed by atoms with van der Waals surface area (Å²) in [5.41, 5.74) is 7.08. The first kappa shape index (κ1) is 25.5. The number of nitrogens with zero attached hydrogens (tertiary/aromatic N) is 1. The summed E-state index contributed by atoms with van der Waals surface area (Å²) >= 11 is 0. The summed E-state index contributed by atoms with van der Waals surface area (Å²) < 4.78 is 41.6. The maximum Gasteiger partial charge on any atom is 0.250 e. The lowest BCUT2D eigenvalue weighted by molar-refractivity contribution is 0.103. The Bertz CT molecular complexity index is 1330. The Morgan fingerprint density at radius 1 is 1.09 bits per heavy atom. The van der Waals surface area contributed by atoms with Crippen molar-refractivity contribution in [2.45, 2.75) is 38.4 Å². The van der Waals surface area contributed by atoms with Gasteiger partial charge in [-0.15, -0.1) is 0 Å². The van der Waals surface area contributed by atoms with Crippen molar-refractivity contribution in [3.05, 3.63) is 87.3 Å². The highest BCUT2D eigenvalue weighted by molar-refractivity contribution is 7.86. The van der Waals surface area contributed by atoms with Crippen molar-refractivity contribution >= 4 is 22.3 Å². The summed E-state index contributed by atoms with van der Waals surface area (Å²) in [4.78, 5) is 25.8. The Labute approximate surface area is 200 Å². The van der Waals surface area contributed by atoms with Crippen LogP contribution in [0.2, 0.25) is 0 Å². The van der Waals surface area contributed by atoms with Crippen LogP contribution in [-0.2, 0) is 17.8 Å². The zero-order chi connectivity index (χ0) is 25.4. The molecule has 0 radical (unpaired) electrons. The van der Waals surface area contributed by atoms with E-state index in [-0.39, 0.29) is 28.3 Å². The number of anilines is 1. The van der Waals surface area contributed by atoms with Gasteiger partial charge in [-0.2, -0.15) is 0 Å². The van der Waals surface area contributed by atoms with Crippen LogP contribution >= 0.6 is 0 Å². The predicted molar refractivity (Wildman–Crippen MR) is 132 cm³/mol. The van der Waals surface area contributed by atoms with Crippen molar-refractivity contribution in [2.75, 3.05) is 11.5 Å². The molecule has 0 aliphatic heterocycles. The first-order valence-electron chi connectivity index (χ1n) is 10.8. The van der Waals surface area contributed by atoms with E-state index in [1.165, 1.54) is 28.8 Å². The highest BCUT2D eigenvalue weighted by atomic mass is 32.2. The van der Waals surface area contributed by atoms with Crippen LogP contribution in [-0.4, -0.2) is 25.1 Å². The zero-order valence-electron chi connectivity index (χ0n) is 19.8. The summed E-state index contributed by atoms with van der Waals surface area (Å²) in [5.74, 6) is -1.78. The standard InChI is InChI=1S/C26H28F2N2O3S/c1-15(14-34(33)26(2,3)4)18-12-24(31)30(5)13-21(18)19-11-23(29)22(28)10-20(19)25(32)16-6-8-17(27)9-7-16/h6-13,15H,14,29H2,1-5H3/t15-,34-/m1/s1. The Hall–Kier alpha value is -3.13. The smallest absolute Gasteiger partial charge is 0.250 e. The third-order valence-electron chi connectivity index (χ3n) is 5.65. The molecule has 2 atom stereocenters. The van der Waals surface area contributed by atoms with E-state index >= 15 is 0 Å². The number of benzene rings is 2. The van der Waals surface area contributed by atoms with Crippen LogP contribution in [0.4, 0.5) is 14.5 Å². The number of aromatic nitrogens is 1. The second-order valence-electron chi connectivity index (χ2n) is 9.37. The first-order valence-corrected chi connectivity index (χ1v) is 12.1. The van der Waals surface area contributed by atoms with E-state index < -0.39 is 33.0 Å². The molecule has 34 heavy (non-hydrogen) atoms. The molecule has 180 valence electrons.